The Kier molecular flexibility index (Phi) is 3.71. The molecule has 5 nitrogen and oxygen atoms in total. The van der Waals surface area contributed by atoms with Gasteiger partial charge in [-0.15, -0.1) is 0 Å². The molecule has 23 heavy (non-hydrogen) atoms. The van der Waals surface area contributed by atoms with Gasteiger partial charge in [0.15, 0.2) is 5.96 Å². The first kappa shape index (κ1) is 14.5. The van der Waals surface area contributed by atoms with Gasteiger partial charge in [-0.1, -0.05) is 12.5 Å². The molecule has 5 heteroatoms. The maximum Gasteiger partial charge on any atom is 0.193 e. The van der Waals surface area contributed by atoms with Crippen LogP contribution in [0.1, 0.15) is 31.4 Å². The topological polar surface area (TPSA) is 44.9 Å². The van der Waals surface area contributed by atoms with Crippen molar-refractivity contribution in [2.45, 2.75) is 32.1 Å². The number of imidazole rings is 1. The summed E-state index contributed by atoms with van der Waals surface area (Å²) in [6.07, 6.45) is 10.6. The molecule has 2 aliphatic rings. The molecule has 0 bridgehead atoms. The normalized spacial score (nSPS) is 20.2. The number of rotatable bonds is 3. The third-order valence-electron chi connectivity index (χ3n) is 5.44. The van der Waals surface area contributed by atoms with E-state index in [-0.39, 0.29) is 0 Å². The van der Waals surface area contributed by atoms with E-state index in [1.807, 2.05) is 31.4 Å². The SMILES string of the molecule is CN=C(NCCc1cn2ccccc2n1)N1CCC2(CCC2)C1. The van der Waals surface area contributed by atoms with Gasteiger partial charge in [-0.25, -0.2) is 4.98 Å². The smallest absolute Gasteiger partial charge is 0.193 e. The Morgan fingerprint density at radius 3 is 2.96 bits per heavy atom. The van der Waals surface area contributed by atoms with E-state index in [2.05, 4.69) is 30.8 Å². The van der Waals surface area contributed by atoms with Crippen molar-refractivity contribution in [1.29, 1.82) is 0 Å². The van der Waals surface area contributed by atoms with Crippen LogP contribution in [0.25, 0.3) is 5.65 Å². The summed E-state index contributed by atoms with van der Waals surface area (Å²) in [4.78, 5) is 11.6. The van der Waals surface area contributed by atoms with Gasteiger partial charge in [0, 0.05) is 45.5 Å². The minimum absolute atomic E-state index is 0.610. The van der Waals surface area contributed by atoms with E-state index in [0.717, 1.165) is 36.8 Å². The second-order valence-electron chi connectivity index (χ2n) is 6.95. The second kappa shape index (κ2) is 5.87. The minimum Gasteiger partial charge on any atom is -0.356 e. The van der Waals surface area contributed by atoms with Crippen molar-refractivity contribution >= 4 is 11.6 Å². The highest BCUT2D eigenvalue weighted by Gasteiger charge is 2.43. The number of aromatic nitrogens is 2. The largest absolute Gasteiger partial charge is 0.356 e. The van der Waals surface area contributed by atoms with Crippen molar-refractivity contribution in [1.82, 2.24) is 19.6 Å². The second-order valence-corrected chi connectivity index (χ2v) is 6.95. The van der Waals surface area contributed by atoms with Crippen molar-refractivity contribution in [2.24, 2.45) is 10.4 Å². The first-order valence-corrected chi connectivity index (χ1v) is 8.66. The molecular weight excluding hydrogens is 286 g/mol. The van der Waals surface area contributed by atoms with Crippen LogP contribution in [0.3, 0.4) is 0 Å². The molecule has 122 valence electrons. The summed E-state index contributed by atoms with van der Waals surface area (Å²) < 4.78 is 2.07. The lowest BCUT2D eigenvalue weighted by Gasteiger charge is -2.38. The third-order valence-corrected chi connectivity index (χ3v) is 5.44. The molecule has 2 fully saturated rings. The van der Waals surface area contributed by atoms with Crippen LogP contribution in [0.2, 0.25) is 0 Å². The minimum atomic E-state index is 0.610. The van der Waals surface area contributed by atoms with E-state index in [1.54, 1.807) is 0 Å². The predicted molar refractivity (Wildman–Crippen MR) is 92.7 cm³/mol. The van der Waals surface area contributed by atoms with Gasteiger partial charge >= 0.3 is 0 Å². The lowest BCUT2D eigenvalue weighted by molar-refractivity contribution is 0.151. The van der Waals surface area contributed by atoms with Crippen molar-refractivity contribution in [2.75, 3.05) is 26.7 Å². The molecule has 2 aromatic heterocycles. The molecule has 1 saturated heterocycles. The molecular formula is C18H25N5. The van der Waals surface area contributed by atoms with E-state index in [9.17, 15) is 0 Å². The number of fused-ring (bicyclic) bond motifs is 1. The van der Waals surface area contributed by atoms with Crippen LogP contribution in [0, 0.1) is 5.41 Å². The van der Waals surface area contributed by atoms with Gasteiger partial charge in [-0.05, 0) is 36.8 Å². The zero-order valence-electron chi connectivity index (χ0n) is 13.8. The summed E-state index contributed by atoms with van der Waals surface area (Å²) in [5.41, 5.74) is 2.74. The molecule has 0 amide bonds. The summed E-state index contributed by atoms with van der Waals surface area (Å²) in [7, 11) is 1.89. The maximum atomic E-state index is 4.65. The summed E-state index contributed by atoms with van der Waals surface area (Å²) in [6.45, 7) is 3.20. The number of aliphatic imine (C=N–C) groups is 1. The first-order chi connectivity index (χ1) is 11.3. The van der Waals surface area contributed by atoms with Gasteiger partial charge < -0.3 is 14.6 Å². The summed E-state index contributed by atoms with van der Waals surface area (Å²) >= 11 is 0. The molecule has 0 aromatic carbocycles. The summed E-state index contributed by atoms with van der Waals surface area (Å²) in [5, 5.41) is 3.52. The van der Waals surface area contributed by atoms with E-state index >= 15 is 0 Å². The van der Waals surface area contributed by atoms with Crippen molar-refractivity contribution < 1.29 is 0 Å². The van der Waals surface area contributed by atoms with Crippen LogP contribution >= 0.6 is 0 Å². The van der Waals surface area contributed by atoms with Crippen LogP contribution in [-0.4, -0.2) is 46.9 Å². The number of guanidine groups is 1. The van der Waals surface area contributed by atoms with Crippen molar-refractivity contribution in [3.05, 3.63) is 36.3 Å². The van der Waals surface area contributed by atoms with E-state index in [0.29, 0.717) is 5.41 Å². The summed E-state index contributed by atoms with van der Waals surface area (Å²) in [6, 6.07) is 6.09. The number of nitrogens with zero attached hydrogens (tertiary/aromatic N) is 4. The van der Waals surface area contributed by atoms with Crippen LogP contribution in [0.4, 0.5) is 0 Å². The van der Waals surface area contributed by atoms with Gasteiger partial charge in [0.2, 0.25) is 0 Å². The number of hydrogen-bond donors (Lipinski definition) is 1. The molecule has 3 heterocycles. The quantitative estimate of drug-likeness (QED) is 0.699. The Balaban J connectivity index is 1.32. The average molecular weight is 311 g/mol. The van der Waals surface area contributed by atoms with Gasteiger partial charge in [-0.2, -0.15) is 0 Å². The number of nitrogens with one attached hydrogen (secondary N) is 1. The fraction of sp³-hybridized carbons (Fsp3) is 0.556. The third kappa shape index (κ3) is 2.80. The fourth-order valence-electron chi connectivity index (χ4n) is 3.94. The van der Waals surface area contributed by atoms with Crippen LogP contribution < -0.4 is 5.32 Å². The Morgan fingerprint density at radius 2 is 2.26 bits per heavy atom. The Labute approximate surface area is 137 Å². The Hall–Kier alpha value is -2.04. The molecule has 1 aliphatic carbocycles. The van der Waals surface area contributed by atoms with E-state index < -0.39 is 0 Å². The van der Waals surface area contributed by atoms with E-state index in [4.69, 9.17) is 0 Å². The van der Waals surface area contributed by atoms with Crippen molar-refractivity contribution in [3.63, 3.8) is 0 Å². The highest BCUT2D eigenvalue weighted by molar-refractivity contribution is 5.80. The van der Waals surface area contributed by atoms with Crippen LogP contribution in [0.5, 0.6) is 0 Å². The highest BCUT2D eigenvalue weighted by atomic mass is 15.3. The molecule has 2 aromatic rings. The summed E-state index contributed by atoms with van der Waals surface area (Å²) in [5.74, 6) is 1.05. The Bertz CT molecular complexity index is 680. The van der Waals surface area contributed by atoms with Gasteiger partial charge in [0.05, 0.1) is 5.69 Å². The number of hydrogen-bond acceptors (Lipinski definition) is 2. The zero-order chi connectivity index (χ0) is 15.7. The Morgan fingerprint density at radius 1 is 1.35 bits per heavy atom. The fourth-order valence-corrected chi connectivity index (χ4v) is 3.94. The molecule has 1 spiro atoms. The molecule has 0 atom stereocenters. The van der Waals surface area contributed by atoms with Gasteiger partial charge in [0.1, 0.15) is 5.65 Å². The lowest BCUT2D eigenvalue weighted by Crippen LogP contribution is -2.43. The lowest BCUT2D eigenvalue weighted by atomic mass is 9.68. The highest BCUT2D eigenvalue weighted by Crippen LogP contribution is 2.47. The standard InChI is InChI=1S/C18H25N5/c1-19-17(23-12-9-18(14-23)7-4-8-18)20-10-6-15-13-22-11-3-2-5-16(22)21-15/h2-3,5,11,13H,4,6-10,12,14H2,1H3,(H,19,20). The van der Waals surface area contributed by atoms with Gasteiger partial charge in [-0.3, -0.25) is 4.99 Å². The molecule has 0 radical (unpaired) electrons. The molecule has 0 unspecified atom stereocenters. The van der Waals surface area contributed by atoms with Crippen LogP contribution in [0.15, 0.2) is 35.6 Å². The molecule has 1 aliphatic heterocycles. The molecule has 1 N–H and O–H groups in total. The molecule has 1 saturated carbocycles. The molecule has 4 rings (SSSR count). The first-order valence-electron chi connectivity index (χ1n) is 8.66. The monoisotopic (exact) mass is 311 g/mol. The maximum absolute atomic E-state index is 4.65. The predicted octanol–water partition coefficient (Wildman–Crippen LogP) is 2.33. The number of likely N-dealkylation sites (tertiary alicyclic amines) is 1. The zero-order valence-corrected chi connectivity index (χ0v) is 13.8. The number of pyridine rings is 1. The van der Waals surface area contributed by atoms with Crippen LogP contribution in [-0.2, 0) is 6.42 Å². The van der Waals surface area contributed by atoms with E-state index in [1.165, 1.54) is 32.2 Å². The van der Waals surface area contributed by atoms with Gasteiger partial charge in [0.25, 0.3) is 0 Å². The van der Waals surface area contributed by atoms with Crippen molar-refractivity contribution in [3.8, 4) is 0 Å². The average Bonchev–Trinajstić information content (AvgIpc) is 3.15.